The van der Waals surface area contributed by atoms with Gasteiger partial charge in [-0.25, -0.2) is 9.37 Å². The first-order valence-corrected chi connectivity index (χ1v) is 14.3. The van der Waals surface area contributed by atoms with Crippen molar-refractivity contribution in [2.45, 2.75) is 50.4 Å². The van der Waals surface area contributed by atoms with E-state index in [1.807, 2.05) is 35.9 Å². The lowest BCUT2D eigenvalue weighted by Crippen LogP contribution is -2.36. The van der Waals surface area contributed by atoms with Gasteiger partial charge in [-0.2, -0.15) is 5.26 Å². The van der Waals surface area contributed by atoms with Crippen molar-refractivity contribution in [3.63, 3.8) is 0 Å². The van der Waals surface area contributed by atoms with Crippen molar-refractivity contribution in [1.82, 2.24) is 24.6 Å². The number of hydrogen-bond acceptors (Lipinski definition) is 7. The maximum atomic E-state index is 15.5. The molecule has 4 aromatic rings. The van der Waals surface area contributed by atoms with Gasteiger partial charge in [-0.3, -0.25) is 14.6 Å². The third kappa shape index (κ3) is 4.19. The average Bonchev–Trinajstić information content (AvgIpc) is 3.25. The molecular formula is C32H28FN7O2. The fourth-order valence-corrected chi connectivity index (χ4v) is 6.60. The molecule has 2 atom stereocenters. The Bertz CT molecular complexity index is 1810. The number of nitriles is 1. The van der Waals surface area contributed by atoms with Crippen LogP contribution in [0.25, 0.3) is 22.5 Å². The van der Waals surface area contributed by atoms with Crippen molar-refractivity contribution in [2.75, 3.05) is 18.1 Å². The van der Waals surface area contributed by atoms with E-state index in [-0.39, 0.29) is 24.4 Å². The molecule has 2 bridgehead atoms. The van der Waals surface area contributed by atoms with Gasteiger partial charge in [-0.15, -0.1) is 10.2 Å². The molecule has 42 heavy (non-hydrogen) atoms. The van der Waals surface area contributed by atoms with E-state index in [2.05, 4.69) is 27.2 Å². The average molecular weight is 562 g/mol. The zero-order chi connectivity index (χ0) is 28.5. The van der Waals surface area contributed by atoms with E-state index in [1.165, 1.54) is 0 Å². The molecule has 8 rings (SSSR count). The number of fused-ring (bicyclic) bond motifs is 3. The molecule has 1 amide bonds. The number of carbonyl (C=O) groups is 1. The van der Waals surface area contributed by atoms with E-state index >= 15 is 4.39 Å². The topological polar surface area (TPSA) is 100 Å². The summed E-state index contributed by atoms with van der Waals surface area (Å²) in [6.07, 6.45) is 4.97. The number of pyridine rings is 1. The molecular weight excluding hydrogens is 533 g/mol. The summed E-state index contributed by atoms with van der Waals surface area (Å²) in [6.45, 7) is 2.29. The van der Waals surface area contributed by atoms with Gasteiger partial charge in [-0.05, 0) is 72.4 Å². The van der Waals surface area contributed by atoms with Crippen molar-refractivity contribution < 1.29 is 13.9 Å². The van der Waals surface area contributed by atoms with Crippen LogP contribution in [0.3, 0.4) is 0 Å². The summed E-state index contributed by atoms with van der Waals surface area (Å²) < 4.78 is 23.0. The summed E-state index contributed by atoms with van der Waals surface area (Å²) in [5, 5.41) is 17.9. The minimum atomic E-state index is -0.353. The highest BCUT2D eigenvalue weighted by atomic mass is 19.1. The number of nitrogens with zero attached hydrogens (tertiary/aromatic N) is 7. The number of aromatic nitrogens is 4. The predicted octanol–water partition coefficient (Wildman–Crippen LogP) is 4.57. The molecule has 3 fully saturated rings. The SMILES string of the molecule is Cn1cnnc1-c1cc(C#N)ccc1-c1cc(C2CC2)nc(N2Cc3c(F)cc(CN4C[C@@H]5C[C@H]4CO5)cc3C2=O)c1. The molecule has 210 valence electrons. The second-order valence-electron chi connectivity index (χ2n) is 11.8. The van der Waals surface area contributed by atoms with Gasteiger partial charge in [0.05, 0.1) is 30.9 Å². The lowest BCUT2D eigenvalue weighted by atomic mass is 9.96. The third-order valence-corrected chi connectivity index (χ3v) is 8.96. The first-order chi connectivity index (χ1) is 20.4. The lowest BCUT2D eigenvalue weighted by Gasteiger charge is -2.26. The van der Waals surface area contributed by atoms with Crippen molar-refractivity contribution in [2.24, 2.45) is 7.05 Å². The Labute approximate surface area is 242 Å². The fraction of sp³-hybridized carbons (Fsp3) is 0.344. The van der Waals surface area contributed by atoms with Crippen LogP contribution in [0, 0.1) is 17.1 Å². The second kappa shape index (κ2) is 9.54. The minimum absolute atomic E-state index is 0.132. The monoisotopic (exact) mass is 561 g/mol. The van der Waals surface area contributed by atoms with Crippen molar-refractivity contribution in [3.8, 4) is 28.6 Å². The molecule has 0 unspecified atom stereocenters. The Balaban J connectivity index is 1.17. The molecule has 2 aromatic heterocycles. The van der Waals surface area contributed by atoms with Crippen molar-refractivity contribution in [3.05, 3.63) is 82.6 Å². The Morgan fingerprint density at radius 2 is 2.00 bits per heavy atom. The molecule has 0 spiro atoms. The summed E-state index contributed by atoms with van der Waals surface area (Å²) in [6, 6.07) is 15.4. The summed E-state index contributed by atoms with van der Waals surface area (Å²) in [4.78, 5) is 22.6. The Morgan fingerprint density at radius 1 is 1.12 bits per heavy atom. The number of aryl methyl sites for hydroxylation is 1. The van der Waals surface area contributed by atoms with Gasteiger partial charge in [0.1, 0.15) is 18.0 Å². The zero-order valence-electron chi connectivity index (χ0n) is 23.1. The lowest BCUT2D eigenvalue weighted by molar-refractivity contribution is 0.0273. The van der Waals surface area contributed by atoms with Gasteiger partial charge in [0.15, 0.2) is 5.82 Å². The Hall–Kier alpha value is -4.46. The quantitative estimate of drug-likeness (QED) is 0.340. The van der Waals surface area contributed by atoms with E-state index in [9.17, 15) is 10.1 Å². The molecule has 2 saturated heterocycles. The van der Waals surface area contributed by atoms with E-state index in [1.54, 1.807) is 23.4 Å². The van der Waals surface area contributed by atoms with Crippen molar-refractivity contribution in [1.29, 1.82) is 5.26 Å². The number of rotatable bonds is 6. The van der Waals surface area contributed by atoms with Gasteiger partial charge in [-0.1, -0.05) is 6.07 Å². The van der Waals surface area contributed by atoms with Gasteiger partial charge in [0, 0.05) is 54.5 Å². The molecule has 4 aliphatic rings. The smallest absolute Gasteiger partial charge is 0.260 e. The molecule has 1 saturated carbocycles. The summed E-state index contributed by atoms with van der Waals surface area (Å²) in [5.41, 5.74) is 5.53. The summed E-state index contributed by atoms with van der Waals surface area (Å²) in [7, 11) is 1.86. The van der Waals surface area contributed by atoms with Gasteiger partial charge < -0.3 is 9.30 Å². The first kappa shape index (κ1) is 25.3. The Morgan fingerprint density at radius 3 is 2.71 bits per heavy atom. The maximum absolute atomic E-state index is 15.5. The highest BCUT2D eigenvalue weighted by Gasteiger charge is 2.39. The molecule has 0 N–H and O–H groups in total. The van der Waals surface area contributed by atoms with E-state index < -0.39 is 0 Å². The normalized spacial score (nSPS) is 21.3. The largest absolute Gasteiger partial charge is 0.375 e. The summed E-state index contributed by atoms with van der Waals surface area (Å²) >= 11 is 0. The van der Waals surface area contributed by atoms with Crippen LogP contribution in [-0.4, -0.2) is 55.9 Å². The maximum Gasteiger partial charge on any atom is 0.260 e. The molecule has 5 heterocycles. The van der Waals surface area contributed by atoms with Crippen LogP contribution in [0.1, 0.15) is 57.9 Å². The number of likely N-dealkylation sites (tertiary alicyclic amines) is 1. The Kier molecular flexibility index (Phi) is 5.74. The highest BCUT2D eigenvalue weighted by molar-refractivity contribution is 6.10. The first-order valence-electron chi connectivity index (χ1n) is 14.3. The number of carbonyl (C=O) groups excluding carboxylic acids is 1. The van der Waals surface area contributed by atoms with Crippen molar-refractivity contribution >= 4 is 11.7 Å². The molecule has 1 aliphatic carbocycles. The van der Waals surface area contributed by atoms with Crippen LogP contribution in [0.15, 0.2) is 48.8 Å². The number of amides is 1. The van der Waals surface area contributed by atoms with E-state index in [4.69, 9.17) is 9.72 Å². The third-order valence-electron chi connectivity index (χ3n) is 8.96. The number of ether oxygens (including phenoxy) is 1. The van der Waals surface area contributed by atoms with E-state index in [0.717, 1.165) is 53.8 Å². The minimum Gasteiger partial charge on any atom is -0.375 e. The molecule has 9 nitrogen and oxygen atoms in total. The number of halogens is 1. The number of morpholine rings is 1. The van der Waals surface area contributed by atoms with Crippen LogP contribution < -0.4 is 4.90 Å². The van der Waals surface area contributed by atoms with Crippen LogP contribution in [-0.2, 0) is 24.9 Å². The van der Waals surface area contributed by atoms with Gasteiger partial charge in [0.25, 0.3) is 5.91 Å². The molecule has 10 heteroatoms. The van der Waals surface area contributed by atoms with Gasteiger partial charge in [0.2, 0.25) is 0 Å². The van der Waals surface area contributed by atoms with Crippen LogP contribution >= 0.6 is 0 Å². The van der Waals surface area contributed by atoms with Crippen LogP contribution in [0.4, 0.5) is 10.2 Å². The molecule has 3 aliphatic heterocycles. The summed E-state index contributed by atoms with van der Waals surface area (Å²) in [5.74, 6) is 0.860. The van der Waals surface area contributed by atoms with Crippen LogP contribution in [0.2, 0.25) is 0 Å². The van der Waals surface area contributed by atoms with Crippen LogP contribution in [0.5, 0.6) is 0 Å². The number of hydrogen-bond donors (Lipinski definition) is 0. The standard InChI is InChI=1S/C32H28FN7O2/c1-38-17-35-37-31(38)25-6-18(12-34)2-5-24(25)21-9-29(20-3-4-20)36-30(10-21)40-15-27-26(32(40)41)7-19(8-28(27)33)13-39-14-23-11-22(39)16-42-23/h2,5-10,17,20,22-23H,3-4,11,13-16H2,1H3/t22-,23-/m0/s1. The fourth-order valence-electron chi connectivity index (χ4n) is 6.60. The number of anilines is 1. The predicted molar refractivity (Wildman–Crippen MR) is 152 cm³/mol. The number of benzene rings is 2. The highest BCUT2D eigenvalue weighted by Crippen LogP contribution is 2.43. The van der Waals surface area contributed by atoms with E-state index in [0.29, 0.717) is 53.4 Å². The second-order valence-corrected chi connectivity index (χ2v) is 11.8. The molecule has 0 radical (unpaired) electrons. The molecule has 2 aromatic carbocycles. The van der Waals surface area contributed by atoms with Gasteiger partial charge >= 0.3 is 0 Å². The zero-order valence-corrected chi connectivity index (χ0v) is 23.1.